The predicted octanol–water partition coefficient (Wildman–Crippen LogP) is 2.14. The summed E-state index contributed by atoms with van der Waals surface area (Å²) in [6, 6.07) is 5.09. The molecular weight excluding hydrogens is 266 g/mol. The van der Waals surface area contributed by atoms with Crippen LogP contribution in [-0.4, -0.2) is 35.1 Å². The molecule has 3 N–H and O–H groups in total. The summed E-state index contributed by atoms with van der Waals surface area (Å²) >= 11 is 0. The summed E-state index contributed by atoms with van der Waals surface area (Å²) in [5, 5.41) is 12.2. The number of H-pyrrole nitrogens is 1. The van der Waals surface area contributed by atoms with Gasteiger partial charge in [-0.3, -0.25) is 4.79 Å². The van der Waals surface area contributed by atoms with E-state index in [9.17, 15) is 13.6 Å². The van der Waals surface area contributed by atoms with Gasteiger partial charge in [0, 0.05) is 28.7 Å². The van der Waals surface area contributed by atoms with E-state index in [2.05, 4.69) is 10.3 Å². The van der Waals surface area contributed by atoms with Crippen molar-refractivity contribution in [1.29, 1.82) is 0 Å². The first-order valence-corrected chi connectivity index (χ1v) is 6.23. The van der Waals surface area contributed by atoms with Gasteiger partial charge in [-0.1, -0.05) is 0 Å². The molecule has 0 aliphatic rings. The van der Waals surface area contributed by atoms with Gasteiger partial charge in [-0.15, -0.1) is 0 Å². The van der Waals surface area contributed by atoms with Gasteiger partial charge in [0.25, 0.3) is 12.3 Å². The highest BCUT2D eigenvalue weighted by molar-refractivity contribution is 5.99. The molecule has 1 heterocycles. The number of benzene rings is 1. The molecule has 1 aromatic carbocycles. The number of aliphatic hydroxyl groups excluding tert-OH is 1. The molecule has 2 aromatic rings. The van der Waals surface area contributed by atoms with Crippen LogP contribution >= 0.6 is 0 Å². The van der Waals surface area contributed by atoms with Crippen LogP contribution in [0.15, 0.2) is 18.2 Å². The molecule has 1 amide bonds. The highest BCUT2D eigenvalue weighted by Gasteiger charge is 2.18. The van der Waals surface area contributed by atoms with Crippen molar-refractivity contribution < 1.29 is 18.7 Å². The monoisotopic (exact) mass is 282 g/mol. The number of hydrogen-bond donors (Lipinski definition) is 3. The Morgan fingerprint density at radius 3 is 2.75 bits per heavy atom. The van der Waals surface area contributed by atoms with E-state index in [4.69, 9.17) is 5.11 Å². The lowest BCUT2D eigenvalue weighted by Gasteiger charge is -2.10. The van der Waals surface area contributed by atoms with Crippen molar-refractivity contribution >= 4 is 16.8 Å². The normalized spacial score (nSPS) is 12.9. The Morgan fingerprint density at radius 1 is 1.40 bits per heavy atom. The molecule has 108 valence electrons. The molecule has 20 heavy (non-hydrogen) atoms. The summed E-state index contributed by atoms with van der Waals surface area (Å²) in [6.45, 7) is 3.41. The van der Waals surface area contributed by atoms with E-state index in [1.54, 1.807) is 18.2 Å². The lowest BCUT2D eigenvalue weighted by Crippen LogP contribution is -2.35. The summed E-state index contributed by atoms with van der Waals surface area (Å²) in [7, 11) is 0. The number of fused-ring (bicyclic) bond motifs is 1. The number of carbonyl (C=O) groups excluding carboxylic acids is 1. The zero-order valence-corrected chi connectivity index (χ0v) is 11.2. The van der Waals surface area contributed by atoms with Gasteiger partial charge >= 0.3 is 0 Å². The number of aromatic nitrogens is 1. The number of aliphatic hydroxyl groups is 1. The van der Waals surface area contributed by atoms with Gasteiger partial charge in [-0.05, 0) is 37.6 Å². The maximum absolute atomic E-state index is 12.1. The van der Waals surface area contributed by atoms with Crippen molar-refractivity contribution in [3.05, 3.63) is 35.0 Å². The summed E-state index contributed by atoms with van der Waals surface area (Å²) in [5.74, 6) is -0.482. The Morgan fingerprint density at radius 2 is 2.10 bits per heavy atom. The third kappa shape index (κ3) is 2.80. The topological polar surface area (TPSA) is 65.1 Å². The molecule has 1 aromatic heterocycles. The van der Waals surface area contributed by atoms with Crippen LogP contribution in [0.5, 0.6) is 0 Å². The highest BCUT2D eigenvalue weighted by atomic mass is 19.3. The average molecular weight is 282 g/mol. The summed E-state index contributed by atoms with van der Waals surface area (Å²) in [6.07, 6.45) is -4.72. The van der Waals surface area contributed by atoms with E-state index in [1.807, 2.05) is 13.8 Å². The van der Waals surface area contributed by atoms with E-state index in [0.717, 1.165) is 22.2 Å². The largest absolute Gasteiger partial charge is 0.385 e. The summed E-state index contributed by atoms with van der Waals surface area (Å²) in [5.41, 5.74) is 3.36. The molecule has 0 aliphatic heterocycles. The second kappa shape index (κ2) is 5.58. The molecule has 1 atom stereocenters. The Kier molecular flexibility index (Phi) is 4.04. The van der Waals surface area contributed by atoms with E-state index in [1.165, 1.54) is 0 Å². The van der Waals surface area contributed by atoms with E-state index in [-0.39, 0.29) is 0 Å². The molecule has 0 fully saturated rings. The second-order valence-corrected chi connectivity index (χ2v) is 4.75. The van der Waals surface area contributed by atoms with Crippen LogP contribution in [0.1, 0.15) is 21.6 Å². The molecule has 6 heteroatoms. The maximum Gasteiger partial charge on any atom is 0.265 e. The van der Waals surface area contributed by atoms with Crippen molar-refractivity contribution in [3.8, 4) is 0 Å². The highest BCUT2D eigenvalue weighted by Crippen LogP contribution is 2.22. The number of carbonyl (C=O) groups is 1. The van der Waals surface area contributed by atoms with Crippen molar-refractivity contribution in [1.82, 2.24) is 10.3 Å². The van der Waals surface area contributed by atoms with Gasteiger partial charge in [0.05, 0.1) is 0 Å². The fourth-order valence-electron chi connectivity index (χ4n) is 1.99. The first-order chi connectivity index (χ1) is 9.40. The van der Waals surface area contributed by atoms with Gasteiger partial charge in [0.1, 0.15) is 6.10 Å². The van der Waals surface area contributed by atoms with Crippen LogP contribution in [0.4, 0.5) is 8.78 Å². The smallest absolute Gasteiger partial charge is 0.265 e. The fourth-order valence-corrected chi connectivity index (χ4v) is 1.99. The van der Waals surface area contributed by atoms with Crippen molar-refractivity contribution in [2.45, 2.75) is 26.4 Å². The molecular formula is C14H16F2N2O2. The molecule has 0 aliphatic carbocycles. The van der Waals surface area contributed by atoms with Crippen molar-refractivity contribution in [3.63, 3.8) is 0 Å². The third-order valence-electron chi connectivity index (χ3n) is 3.33. The Labute approximate surface area is 114 Å². The molecule has 0 spiro atoms. The number of amides is 1. The van der Waals surface area contributed by atoms with Gasteiger partial charge in [-0.2, -0.15) is 0 Å². The Balaban J connectivity index is 2.16. The van der Waals surface area contributed by atoms with E-state index in [0.29, 0.717) is 5.56 Å². The summed E-state index contributed by atoms with van der Waals surface area (Å²) < 4.78 is 24.3. The van der Waals surface area contributed by atoms with Crippen LogP contribution in [0.2, 0.25) is 0 Å². The standard InChI is InChI=1S/C14H16F2N2O2/c1-7-8(2)18-11-4-3-9(5-10(7)11)14(20)17-6-12(19)13(15)16/h3-5,12-13,18-19H,6H2,1-2H3,(H,17,20). The van der Waals surface area contributed by atoms with Gasteiger partial charge in [0.15, 0.2) is 0 Å². The fraction of sp³-hybridized carbons (Fsp3) is 0.357. The SMILES string of the molecule is Cc1[nH]c2ccc(C(=O)NCC(O)C(F)F)cc2c1C. The zero-order chi connectivity index (χ0) is 14.9. The third-order valence-corrected chi connectivity index (χ3v) is 3.33. The van der Waals surface area contributed by atoms with E-state index < -0.39 is 25.0 Å². The van der Waals surface area contributed by atoms with Crippen LogP contribution in [0, 0.1) is 13.8 Å². The quantitative estimate of drug-likeness (QED) is 0.804. The number of rotatable bonds is 4. The molecule has 0 bridgehead atoms. The zero-order valence-electron chi connectivity index (χ0n) is 11.2. The number of hydrogen-bond acceptors (Lipinski definition) is 2. The first-order valence-electron chi connectivity index (χ1n) is 6.23. The number of alkyl halides is 2. The number of aromatic amines is 1. The van der Waals surface area contributed by atoms with Crippen LogP contribution < -0.4 is 5.32 Å². The predicted molar refractivity (Wildman–Crippen MR) is 72.1 cm³/mol. The minimum absolute atomic E-state index is 0.376. The van der Waals surface area contributed by atoms with Gasteiger partial charge in [0.2, 0.25) is 0 Å². The second-order valence-electron chi connectivity index (χ2n) is 4.75. The van der Waals surface area contributed by atoms with Crippen LogP contribution in [0.25, 0.3) is 10.9 Å². The maximum atomic E-state index is 12.1. The summed E-state index contributed by atoms with van der Waals surface area (Å²) in [4.78, 5) is 15.0. The average Bonchev–Trinajstić information content (AvgIpc) is 2.70. The molecule has 0 saturated carbocycles. The van der Waals surface area contributed by atoms with Crippen LogP contribution in [0.3, 0.4) is 0 Å². The first kappa shape index (κ1) is 14.5. The Hall–Kier alpha value is -1.95. The number of halogens is 2. The number of nitrogens with one attached hydrogen (secondary N) is 2. The molecule has 0 radical (unpaired) electrons. The molecule has 2 rings (SSSR count). The molecule has 0 saturated heterocycles. The lowest BCUT2D eigenvalue weighted by molar-refractivity contribution is -0.00270. The van der Waals surface area contributed by atoms with Crippen molar-refractivity contribution in [2.75, 3.05) is 6.54 Å². The molecule has 4 nitrogen and oxygen atoms in total. The van der Waals surface area contributed by atoms with Gasteiger partial charge < -0.3 is 15.4 Å². The minimum atomic E-state index is -2.87. The van der Waals surface area contributed by atoms with Crippen molar-refractivity contribution in [2.24, 2.45) is 0 Å². The molecule has 1 unspecified atom stereocenters. The van der Waals surface area contributed by atoms with Crippen LogP contribution in [-0.2, 0) is 0 Å². The number of aryl methyl sites for hydroxylation is 2. The Bertz CT molecular complexity index is 637. The minimum Gasteiger partial charge on any atom is -0.385 e. The lowest BCUT2D eigenvalue weighted by atomic mass is 10.1. The van der Waals surface area contributed by atoms with E-state index >= 15 is 0 Å². The van der Waals surface area contributed by atoms with Gasteiger partial charge in [-0.25, -0.2) is 8.78 Å².